The Balaban J connectivity index is 0.000000343. The van der Waals surface area contributed by atoms with E-state index in [1.165, 1.54) is 31.7 Å². The second-order valence-electron chi connectivity index (χ2n) is 12.2. The number of nitrogens with zero attached hydrogens (tertiary/aromatic N) is 4. The number of nitrogens with two attached hydrogens (primary N) is 2. The van der Waals surface area contributed by atoms with E-state index in [-0.39, 0.29) is 36.0 Å². The number of hydrogen-bond donors (Lipinski definition) is 3. The van der Waals surface area contributed by atoms with Crippen LogP contribution in [0.1, 0.15) is 68.9 Å². The van der Waals surface area contributed by atoms with Crippen molar-refractivity contribution in [1.29, 1.82) is 0 Å². The van der Waals surface area contributed by atoms with E-state index < -0.39 is 17.8 Å². The average molecular weight is 584 g/mol. The Morgan fingerprint density at radius 1 is 1.07 bits per heavy atom. The number of hydrogen-bond acceptors (Lipinski definition) is 6. The molecule has 1 aromatic heterocycles. The number of primary amides is 1. The van der Waals surface area contributed by atoms with E-state index in [2.05, 4.69) is 36.2 Å². The third kappa shape index (κ3) is 8.16. The predicted octanol–water partition coefficient (Wildman–Crippen LogP) is 3.01. The van der Waals surface area contributed by atoms with Gasteiger partial charge in [0, 0.05) is 44.3 Å². The molecule has 3 unspecified atom stereocenters. The maximum atomic E-state index is 14.7. The second-order valence-corrected chi connectivity index (χ2v) is 12.2. The third-order valence-electron chi connectivity index (χ3n) is 8.90. The summed E-state index contributed by atoms with van der Waals surface area (Å²) >= 11 is 0. The summed E-state index contributed by atoms with van der Waals surface area (Å²) < 4.78 is 16.2. The molecule has 1 saturated heterocycles. The SMILES string of the molecule is CC1CN(C(=O)C(N)Cc2ccc(NC(=O)CC(C3CC3)C3CC3)c(F)c2)CC(C)N1C.CCn1nccc1C(N)=O. The number of aryl methyl sites for hydroxylation is 1. The third-order valence-corrected chi connectivity index (χ3v) is 8.90. The standard InChI is InChI=1S/C25H37FN4O2.C6H9N3O/c1-15-13-30(14-16(2)29(15)3)25(32)22(27)11-17-4-9-23(21(26)10-17)28-24(31)12-20(18-5-6-18)19-7-8-19;1-2-9-5(6(7)10)3-4-8-9/h4,9-10,15-16,18-20,22H,5-8,11-14,27H2,1-3H3,(H,28,31);3-4H,2H2,1H3,(H2,7,10). The van der Waals surface area contributed by atoms with Crippen LogP contribution in [-0.4, -0.2) is 75.6 Å². The number of benzene rings is 1. The molecule has 2 saturated carbocycles. The van der Waals surface area contributed by atoms with Crippen LogP contribution >= 0.6 is 0 Å². The molecule has 10 nitrogen and oxygen atoms in total. The number of halogens is 1. The zero-order valence-electron chi connectivity index (χ0n) is 25.3. The van der Waals surface area contributed by atoms with Crippen molar-refractivity contribution >= 4 is 23.4 Å². The molecule has 230 valence electrons. The van der Waals surface area contributed by atoms with Crippen molar-refractivity contribution in [1.82, 2.24) is 19.6 Å². The van der Waals surface area contributed by atoms with E-state index >= 15 is 0 Å². The number of rotatable bonds is 10. The summed E-state index contributed by atoms with van der Waals surface area (Å²) in [5, 5.41) is 6.62. The van der Waals surface area contributed by atoms with Gasteiger partial charge in [0.2, 0.25) is 11.8 Å². The normalized spacial score (nSPS) is 21.5. The number of carbonyl (C=O) groups is 3. The first-order valence-electron chi connectivity index (χ1n) is 15.1. The molecule has 0 radical (unpaired) electrons. The number of piperazine rings is 1. The van der Waals surface area contributed by atoms with Gasteiger partial charge >= 0.3 is 0 Å². The molecule has 5 N–H and O–H groups in total. The van der Waals surface area contributed by atoms with Crippen molar-refractivity contribution in [2.24, 2.45) is 29.2 Å². The molecule has 11 heteroatoms. The molecule has 0 spiro atoms. The van der Waals surface area contributed by atoms with Gasteiger partial charge in [-0.05, 0) is 101 Å². The smallest absolute Gasteiger partial charge is 0.266 e. The van der Waals surface area contributed by atoms with Gasteiger partial charge in [0.05, 0.1) is 11.7 Å². The Hall–Kier alpha value is -3.31. The van der Waals surface area contributed by atoms with Crippen molar-refractivity contribution < 1.29 is 18.8 Å². The molecule has 3 atom stereocenters. The molecular weight excluding hydrogens is 537 g/mol. The summed E-state index contributed by atoms with van der Waals surface area (Å²) in [4.78, 5) is 40.0. The fourth-order valence-corrected chi connectivity index (χ4v) is 5.92. The lowest BCUT2D eigenvalue weighted by molar-refractivity contribution is -0.136. The first-order valence-corrected chi connectivity index (χ1v) is 15.1. The topological polar surface area (TPSA) is 140 Å². The molecule has 0 bridgehead atoms. The van der Waals surface area contributed by atoms with Crippen molar-refractivity contribution in [3.63, 3.8) is 0 Å². The number of likely N-dealkylation sites (N-methyl/N-ethyl adjacent to an activating group) is 1. The van der Waals surface area contributed by atoms with Crippen LogP contribution in [0.5, 0.6) is 0 Å². The zero-order valence-corrected chi connectivity index (χ0v) is 25.3. The lowest BCUT2D eigenvalue weighted by Gasteiger charge is -2.43. The largest absolute Gasteiger partial charge is 0.364 e. The molecule has 5 rings (SSSR count). The Morgan fingerprint density at radius 3 is 2.19 bits per heavy atom. The van der Waals surface area contributed by atoms with E-state index in [4.69, 9.17) is 11.5 Å². The van der Waals surface area contributed by atoms with Crippen LogP contribution in [0.15, 0.2) is 30.5 Å². The number of carbonyl (C=O) groups excluding carboxylic acids is 3. The molecule has 42 heavy (non-hydrogen) atoms. The Labute approximate surface area is 248 Å². The van der Waals surface area contributed by atoms with Crippen molar-refractivity contribution in [2.45, 2.75) is 84.0 Å². The number of nitrogens with one attached hydrogen (secondary N) is 1. The van der Waals surface area contributed by atoms with Crippen molar-refractivity contribution in [2.75, 3.05) is 25.5 Å². The van der Waals surface area contributed by atoms with Crippen LogP contribution in [0.25, 0.3) is 0 Å². The minimum atomic E-state index is -0.713. The van der Waals surface area contributed by atoms with E-state index in [0.717, 1.165) is 0 Å². The van der Waals surface area contributed by atoms with Crippen LogP contribution < -0.4 is 16.8 Å². The van der Waals surface area contributed by atoms with E-state index in [1.807, 2.05) is 11.8 Å². The first kappa shape index (κ1) is 31.6. The number of anilines is 1. The lowest BCUT2D eigenvalue weighted by atomic mass is 9.94. The molecule has 1 aliphatic heterocycles. The molecular formula is C31H46FN7O3. The minimum absolute atomic E-state index is 0.0965. The predicted molar refractivity (Wildman–Crippen MR) is 160 cm³/mol. The molecule has 1 aromatic carbocycles. The monoisotopic (exact) mass is 583 g/mol. The van der Waals surface area contributed by atoms with Gasteiger partial charge in [0.15, 0.2) is 0 Å². The summed E-state index contributed by atoms with van der Waals surface area (Å²) in [6, 6.07) is 6.16. The highest BCUT2D eigenvalue weighted by Gasteiger charge is 2.42. The highest BCUT2D eigenvalue weighted by molar-refractivity contribution is 5.91. The molecule has 2 aliphatic carbocycles. The molecule has 2 heterocycles. The highest BCUT2D eigenvalue weighted by Crippen LogP contribution is 2.50. The summed E-state index contributed by atoms with van der Waals surface area (Å²) in [5.74, 6) is 0.718. The van der Waals surface area contributed by atoms with Crippen LogP contribution in [0.2, 0.25) is 0 Å². The van der Waals surface area contributed by atoms with Crippen molar-refractivity contribution in [3.8, 4) is 0 Å². The van der Waals surface area contributed by atoms with E-state index in [0.29, 0.717) is 55.1 Å². The number of aromatic nitrogens is 2. The van der Waals surface area contributed by atoms with Gasteiger partial charge in [-0.2, -0.15) is 5.10 Å². The van der Waals surface area contributed by atoms with Gasteiger partial charge in [0.1, 0.15) is 11.5 Å². The molecule has 3 fully saturated rings. The van der Waals surface area contributed by atoms with Crippen LogP contribution in [0.4, 0.5) is 10.1 Å². The summed E-state index contributed by atoms with van der Waals surface area (Å²) in [6.45, 7) is 8.07. The lowest BCUT2D eigenvalue weighted by Crippen LogP contribution is -2.59. The second kappa shape index (κ2) is 13.8. The fourth-order valence-electron chi connectivity index (χ4n) is 5.92. The van der Waals surface area contributed by atoms with Gasteiger partial charge in [-0.1, -0.05) is 6.07 Å². The first-order chi connectivity index (χ1) is 20.0. The zero-order chi connectivity index (χ0) is 30.6. The van der Waals surface area contributed by atoms with E-state index in [9.17, 15) is 18.8 Å². The summed E-state index contributed by atoms with van der Waals surface area (Å²) in [5.41, 5.74) is 12.6. The van der Waals surface area contributed by atoms with Gasteiger partial charge in [0.25, 0.3) is 5.91 Å². The maximum Gasteiger partial charge on any atom is 0.266 e. The van der Waals surface area contributed by atoms with Crippen molar-refractivity contribution in [3.05, 3.63) is 47.5 Å². The summed E-state index contributed by atoms with van der Waals surface area (Å²) in [7, 11) is 2.07. The minimum Gasteiger partial charge on any atom is -0.364 e. The van der Waals surface area contributed by atoms with Gasteiger partial charge in [-0.25, -0.2) is 4.39 Å². The fraction of sp³-hybridized carbons (Fsp3) is 0.613. The van der Waals surface area contributed by atoms with Crippen LogP contribution in [0.3, 0.4) is 0 Å². The Bertz CT molecular complexity index is 1230. The highest BCUT2D eigenvalue weighted by atomic mass is 19.1. The maximum absolute atomic E-state index is 14.7. The van der Waals surface area contributed by atoms with Gasteiger partial charge in [-0.3, -0.25) is 24.0 Å². The Morgan fingerprint density at radius 2 is 1.69 bits per heavy atom. The van der Waals surface area contributed by atoms with Gasteiger partial charge in [-0.15, -0.1) is 0 Å². The van der Waals surface area contributed by atoms with E-state index in [1.54, 1.807) is 29.1 Å². The van der Waals surface area contributed by atoms with Crippen LogP contribution in [0, 0.1) is 23.6 Å². The molecule has 3 aliphatic rings. The van der Waals surface area contributed by atoms with Gasteiger partial charge < -0.3 is 21.7 Å². The number of amides is 3. The Kier molecular flexibility index (Phi) is 10.4. The summed E-state index contributed by atoms with van der Waals surface area (Å²) in [6.07, 6.45) is 7.21. The average Bonchev–Trinajstić information content (AvgIpc) is 3.89. The molecule has 3 amide bonds. The molecule has 2 aromatic rings. The van der Waals surface area contributed by atoms with Crippen LogP contribution in [-0.2, 0) is 22.6 Å². The quantitative estimate of drug-likeness (QED) is 0.393.